The fourth-order valence-corrected chi connectivity index (χ4v) is 3.19. The molecule has 6 heteroatoms. The Labute approximate surface area is 145 Å². The number of allylic oxidation sites excluding steroid dienone is 5. The number of hydrogen-bond donors (Lipinski definition) is 2. The molecule has 1 aromatic heterocycles. The van der Waals surface area contributed by atoms with Crippen LogP contribution in [0.3, 0.4) is 0 Å². The second-order valence-electron chi connectivity index (χ2n) is 6.00. The van der Waals surface area contributed by atoms with E-state index in [4.69, 9.17) is 16.7 Å². The van der Waals surface area contributed by atoms with Gasteiger partial charge >= 0.3 is 5.97 Å². The van der Waals surface area contributed by atoms with Crippen molar-refractivity contribution in [1.82, 2.24) is 4.57 Å². The van der Waals surface area contributed by atoms with E-state index >= 15 is 0 Å². The van der Waals surface area contributed by atoms with Crippen molar-refractivity contribution in [2.45, 2.75) is 32.2 Å². The number of halogens is 1. The highest BCUT2D eigenvalue weighted by Gasteiger charge is 2.31. The maximum atomic E-state index is 11.7. The van der Waals surface area contributed by atoms with E-state index in [1.165, 1.54) is 17.9 Å². The van der Waals surface area contributed by atoms with Gasteiger partial charge in [-0.25, -0.2) is 4.79 Å². The first-order chi connectivity index (χ1) is 11.5. The summed E-state index contributed by atoms with van der Waals surface area (Å²) >= 11 is 5.45. The van der Waals surface area contributed by atoms with Gasteiger partial charge in [0, 0.05) is 29.9 Å². The number of aromatic carboxylic acids is 1. The molecule has 0 saturated heterocycles. The number of pyridine rings is 1. The molecule has 0 unspecified atom stereocenters. The molecular formula is C18H20ClNO4. The number of hydrogen-bond acceptors (Lipinski definition) is 3. The van der Waals surface area contributed by atoms with Crippen LogP contribution in [0.1, 0.15) is 36.0 Å². The summed E-state index contributed by atoms with van der Waals surface area (Å²) in [6.45, 7) is 0.511. The summed E-state index contributed by atoms with van der Waals surface area (Å²) in [7, 11) is 0. The fourth-order valence-electron chi connectivity index (χ4n) is 3.11. The van der Waals surface area contributed by atoms with E-state index in [0.29, 0.717) is 6.54 Å². The van der Waals surface area contributed by atoms with E-state index in [1.807, 2.05) is 18.2 Å². The zero-order valence-corrected chi connectivity index (χ0v) is 13.9. The molecule has 0 radical (unpaired) electrons. The molecule has 0 spiro atoms. The summed E-state index contributed by atoms with van der Waals surface area (Å²) in [5.74, 6) is -1.88. The predicted octanol–water partition coefficient (Wildman–Crippen LogP) is 3.68. The Morgan fingerprint density at radius 3 is 2.50 bits per heavy atom. The van der Waals surface area contributed by atoms with E-state index < -0.39 is 22.7 Å². The van der Waals surface area contributed by atoms with Crippen LogP contribution in [0.15, 0.2) is 53.1 Å². The van der Waals surface area contributed by atoms with E-state index in [1.54, 1.807) is 10.6 Å². The van der Waals surface area contributed by atoms with Crippen molar-refractivity contribution >= 4 is 17.6 Å². The number of aromatic hydroxyl groups is 1. The molecule has 1 aliphatic carbocycles. The lowest BCUT2D eigenvalue weighted by Gasteiger charge is -2.26. The van der Waals surface area contributed by atoms with Gasteiger partial charge in [0.15, 0.2) is 5.75 Å². The van der Waals surface area contributed by atoms with Crippen molar-refractivity contribution in [1.29, 1.82) is 0 Å². The average Bonchev–Trinajstić information content (AvgIpc) is 2.99. The quantitative estimate of drug-likeness (QED) is 0.768. The zero-order chi connectivity index (χ0) is 17.6. The number of nitrogens with zero attached hydrogens (tertiary/aromatic N) is 1. The van der Waals surface area contributed by atoms with E-state index in [-0.39, 0.29) is 5.41 Å². The van der Waals surface area contributed by atoms with Crippen molar-refractivity contribution in [2.75, 3.05) is 0 Å². The summed E-state index contributed by atoms with van der Waals surface area (Å²) in [5.41, 5.74) is 0.0308. The topological polar surface area (TPSA) is 79.5 Å². The molecular weight excluding hydrogens is 330 g/mol. The van der Waals surface area contributed by atoms with Crippen LogP contribution in [0.5, 0.6) is 5.75 Å². The summed E-state index contributed by atoms with van der Waals surface area (Å²) < 4.78 is 1.60. The van der Waals surface area contributed by atoms with Gasteiger partial charge in [-0.3, -0.25) is 4.79 Å². The number of carboxylic acid groups (broad SMARTS) is 1. The Bertz CT molecular complexity index is 740. The van der Waals surface area contributed by atoms with Crippen LogP contribution in [0.25, 0.3) is 0 Å². The summed E-state index contributed by atoms with van der Waals surface area (Å²) in [6, 6.07) is 0. The molecule has 5 nitrogen and oxygen atoms in total. The predicted molar refractivity (Wildman–Crippen MR) is 93.5 cm³/mol. The lowest BCUT2D eigenvalue weighted by Crippen LogP contribution is -2.24. The van der Waals surface area contributed by atoms with Gasteiger partial charge in [-0.1, -0.05) is 54.8 Å². The lowest BCUT2D eigenvalue weighted by atomic mass is 9.85. The molecule has 2 rings (SSSR count). The number of aromatic nitrogens is 1. The molecule has 1 heterocycles. The van der Waals surface area contributed by atoms with Gasteiger partial charge in [0.2, 0.25) is 5.43 Å². The van der Waals surface area contributed by atoms with Crippen molar-refractivity contribution in [3.8, 4) is 5.75 Å². The molecule has 0 aromatic carbocycles. The SMILES string of the molecule is O=C(O)c1cn(CC2(/C=C/C=C\C=C\Cl)CCCC2)cc(O)c1=O. The number of carbonyl (C=O) groups is 1. The molecule has 0 aliphatic heterocycles. The Kier molecular flexibility index (Phi) is 6.04. The molecule has 2 N–H and O–H groups in total. The van der Waals surface area contributed by atoms with Gasteiger partial charge in [0.1, 0.15) is 5.56 Å². The maximum absolute atomic E-state index is 11.7. The standard InChI is InChI=1S/C18H20ClNO4/c19-10-6-2-1-3-7-18(8-4-5-9-18)13-20-11-14(17(23)24)16(22)15(21)12-20/h1-3,6-7,10-12,21H,4-5,8-9,13H2,(H,23,24)/b2-1-,7-3+,10-6+. The second kappa shape index (κ2) is 8.02. The zero-order valence-electron chi connectivity index (χ0n) is 13.2. The first-order valence-electron chi connectivity index (χ1n) is 7.75. The highest BCUT2D eigenvalue weighted by atomic mass is 35.5. The second-order valence-corrected chi connectivity index (χ2v) is 6.25. The monoisotopic (exact) mass is 349 g/mol. The molecule has 0 amide bonds. The van der Waals surface area contributed by atoms with Crippen molar-refractivity contribution < 1.29 is 15.0 Å². The Morgan fingerprint density at radius 1 is 1.21 bits per heavy atom. The van der Waals surface area contributed by atoms with Crippen LogP contribution in [0.4, 0.5) is 0 Å². The smallest absolute Gasteiger partial charge is 0.341 e. The van der Waals surface area contributed by atoms with Gasteiger partial charge in [-0.15, -0.1) is 0 Å². The molecule has 0 bridgehead atoms. The van der Waals surface area contributed by atoms with Gasteiger partial charge < -0.3 is 14.8 Å². The van der Waals surface area contributed by atoms with Crippen molar-refractivity contribution in [2.24, 2.45) is 5.41 Å². The molecule has 0 atom stereocenters. The fraction of sp³-hybridized carbons (Fsp3) is 0.333. The van der Waals surface area contributed by atoms with Gasteiger partial charge in [0.05, 0.1) is 0 Å². The summed E-state index contributed by atoms with van der Waals surface area (Å²) in [5, 5.41) is 18.8. The molecule has 1 fully saturated rings. The summed E-state index contributed by atoms with van der Waals surface area (Å²) in [6.07, 6.45) is 16.2. The maximum Gasteiger partial charge on any atom is 0.341 e. The van der Waals surface area contributed by atoms with Crippen molar-refractivity contribution in [3.63, 3.8) is 0 Å². The van der Waals surface area contributed by atoms with Crippen LogP contribution in [-0.2, 0) is 6.54 Å². The third-order valence-corrected chi connectivity index (χ3v) is 4.39. The van der Waals surface area contributed by atoms with Gasteiger partial charge in [0.25, 0.3) is 0 Å². The van der Waals surface area contributed by atoms with Crippen LogP contribution < -0.4 is 5.43 Å². The molecule has 1 saturated carbocycles. The van der Waals surface area contributed by atoms with E-state index in [2.05, 4.69) is 6.08 Å². The van der Waals surface area contributed by atoms with Crippen LogP contribution in [0, 0.1) is 5.41 Å². The van der Waals surface area contributed by atoms with E-state index in [9.17, 15) is 14.7 Å². The normalized spacial score (nSPS) is 17.4. The first-order valence-corrected chi connectivity index (χ1v) is 8.19. The first kappa shape index (κ1) is 18.1. The minimum Gasteiger partial charge on any atom is -0.503 e. The van der Waals surface area contributed by atoms with E-state index in [0.717, 1.165) is 25.7 Å². The summed E-state index contributed by atoms with van der Waals surface area (Å²) in [4.78, 5) is 22.8. The Hall–Kier alpha value is -2.27. The third-order valence-electron chi connectivity index (χ3n) is 4.24. The number of rotatable bonds is 6. The minimum absolute atomic E-state index is 0.119. The lowest BCUT2D eigenvalue weighted by molar-refractivity contribution is 0.0693. The van der Waals surface area contributed by atoms with Crippen LogP contribution >= 0.6 is 11.6 Å². The van der Waals surface area contributed by atoms with Gasteiger partial charge in [-0.05, 0) is 12.8 Å². The Balaban J connectivity index is 2.28. The minimum atomic E-state index is -1.34. The van der Waals surface area contributed by atoms with Crippen molar-refractivity contribution in [3.05, 3.63) is 64.1 Å². The molecule has 128 valence electrons. The average molecular weight is 350 g/mol. The van der Waals surface area contributed by atoms with Crippen LogP contribution in [-0.4, -0.2) is 20.7 Å². The third kappa shape index (κ3) is 4.38. The van der Waals surface area contributed by atoms with Gasteiger partial charge in [-0.2, -0.15) is 0 Å². The molecule has 1 aromatic rings. The number of carboxylic acids is 1. The largest absolute Gasteiger partial charge is 0.503 e. The highest BCUT2D eigenvalue weighted by molar-refractivity contribution is 6.25. The Morgan fingerprint density at radius 2 is 1.88 bits per heavy atom. The van der Waals surface area contributed by atoms with Crippen LogP contribution in [0.2, 0.25) is 0 Å². The highest BCUT2D eigenvalue weighted by Crippen LogP contribution is 2.41. The molecule has 1 aliphatic rings. The molecule has 24 heavy (non-hydrogen) atoms.